The lowest BCUT2D eigenvalue weighted by Gasteiger charge is -2.27. The molecule has 0 unspecified atom stereocenters. The zero-order valence-electron chi connectivity index (χ0n) is 13.9. The van der Waals surface area contributed by atoms with Gasteiger partial charge < -0.3 is 19.3 Å². The molecule has 0 N–H and O–H groups in total. The number of nitrogens with zero attached hydrogens (tertiary/aromatic N) is 2. The van der Waals surface area contributed by atoms with Crippen LogP contribution < -0.4 is 9.47 Å². The summed E-state index contributed by atoms with van der Waals surface area (Å²) in [6.07, 6.45) is 5.54. The fourth-order valence-electron chi connectivity index (χ4n) is 3.09. The predicted molar refractivity (Wildman–Crippen MR) is 89.3 cm³/mol. The molecule has 1 aromatic rings. The molecule has 0 radical (unpaired) electrons. The highest BCUT2D eigenvalue weighted by atomic mass is 16.6. The van der Waals surface area contributed by atoms with E-state index in [0.29, 0.717) is 37.7 Å². The van der Waals surface area contributed by atoms with Crippen LogP contribution in [0.4, 0.5) is 9.59 Å². The number of amides is 2. The Morgan fingerprint density at radius 1 is 0.667 bits per heavy atom. The van der Waals surface area contributed by atoms with Crippen LogP contribution in [-0.2, 0) is 0 Å². The molecule has 0 spiro atoms. The quantitative estimate of drug-likeness (QED) is 0.829. The molecule has 2 saturated heterocycles. The van der Waals surface area contributed by atoms with Gasteiger partial charge in [-0.2, -0.15) is 0 Å². The lowest BCUT2D eigenvalue weighted by atomic mass is 10.1. The third-order valence-electron chi connectivity index (χ3n) is 4.47. The molecule has 0 atom stereocenters. The first-order valence-electron chi connectivity index (χ1n) is 8.76. The SMILES string of the molecule is O=C(Oc1ccccc1OC(=O)N1CCCCC1)N1CCCCC1. The number of benzene rings is 1. The minimum atomic E-state index is -0.379. The van der Waals surface area contributed by atoms with E-state index in [9.17, 15) is 9.59 Å². The van der Waals surface area contributed by atoms with Gasteiger partial charge in [-0.05, 0) is 50.7 Å². The van der Waals surface area contributed by atoms with Gasteiger partial charge in [-0.3, -0.25) is 0 Å². The highest BCUT2D eigenvalue weighted by molar-refractivity contribution is 5.74. The number of carbonyl (C=O) groups excluding carboxylic acids is 2. The maximum atomic E-state index is 12.3. The van der Waals surface area contributed by atoms with Crippen molar-refractivity contribution in [2.45, 2.75) is 38.5 Å². The molecule has 0 saturated carbocycles. The van der Waals surface area contributed by atoms with Crippen molar-refractivity contribution >= 4 is 12.2 Å². The van der Waals surface area contributed by atoms with Gasteiger partial charge in [0.15, 0.2) is 11.5 Å². The van der Waals surface area contributed by atoms with Crippen molar-refractivity contribution in [3.8, 4) is 11.5 Å². The van der Waals surface area contributed by atoms with E-state index >= 15 is 0 Å². The number of rotatable bonds is 2. The summed E-state index contributed by atoms with van der Waals surface area (Å²) in [7, 11) is 0. The van der Waals surface area contributed by atoms with Gasteiger partial charge in [0.1, 0.15) is 0 Å². The molecule has 24 heavy (non-hydrogen) atoms. The van der Waals surface area contributed by atoms with E-state index in [2.05, 4.69) is 0 Å². The summed E-state index contributed by atoms with van der Waals surface area (Å²) in [4.78, 5) is 27.9. The second-order valence-electron chi connectivity index (χ2n) is 6.28. The average molecular weight is 332 g/mol. The van der Waals surface area contributed by atoms with Gasteiger partial charge in [0.25, 0.3) is 0 Å². The molecule has 2 aliphatic rings. The standard InChI is InChI=1S/C18H24N2O4/c21-17(19-11-5-1-6-12-19)23-15-9-3-4-10-16(15)24-18(22)20-13-7-2-8-14-20/h3-4,9-10H,1-2,5-8,11-14H2. The largest absolute Gasteiger partial charge is 0.415 e. The van der Waals surface area contributed by atoms with Crippen molar-refractivity contribution in [2.24, 2.45) is 0 Å². The summed E-state index contributed by atoms with van der Waals surface area (Å²) in [5.41, 5.74) is 0. The van der Waals surface area contributed by atoms with E-state index in [1.165, 1.54) is 0 Å². The van der Waals surface area contributed by atoms with Crippen molar-refractivity contribution in [2.75, 3.05) is 26.2 Å². The normalized spacial score (nSPS) is 18.2. The Bertz CT molecular complexity index is 527. The molecule has 0 aliphatic carbocycles. The minimum absolute atomic E-state index is 0.290. The van der Waals surface area contributed by atoms with Gasteiger partial charge in [-0.25, -0.2) is 9.59 Å². The smallest absolute Gasteiger partial charge is 0.406 e. The lowest BCUT2D eigenvalue weighted by Crippen LogP contribution is -2.38. The van der Waals surface area contributed by atoms with Crippen molar-refractivity contribution in [1.29, 1.82) is 0 Å². The Kier molecular flexibility index (Phi) is 5.56. The van der Waals surface area contributed by atoms with Crippen LogP contribution in [0.25, 0.3) is 0 Å². The molecule has 0 aromatic heterocycles. The predicted octanol–water partition coefficient (Wildman–Crippen LogP) is 3.66. The first-order valence-corrected chi connectivity index (χ1v) is 8.76. The molecule has 2 fully saturated rings. The van der Waals surface area contributed by atoms with Crippen molar-refractivity contribution in [1.82, 2.24) is 9.80 Å². The van der Waals surface area contributed by atoms with Crippen LogP contribution in [0.1, 0.15) is 38.5 Å². The van der Waals surface area contributed by atoms with Crippen molar-refractivity contribution in [3.63, 3.8) is 0 Å². The van der Waals surface area contributed by atoms with Gasteiger partial charge in [-0.15, -0.1) is 0 Å². The van der Waals surface area contributed by atoms with Crippen LogP contribution in [0.2, 0.25) is 0 Å². The van der Waals surface area contributed by atoms with E-state index in [4.69, 9.17) is 9.47 Å². The Hall–Kier alpha value is -2.24. The van der Waals surface area contributed by atoms with Gasteiger partial charge in [0.05, 0.1) is 0 Å². The first kappa shape index (κ1) is 16.6. The van der Waals surface area contributed by atoms with E-state index < -0.39 is 0 Å². The summed E-state index contributed by atoms with van der Waals surface area (Å²) in [5.74, 6) is 0.580. The van der Waals surface area contributed by atoms with Crippen LogP contribution >= 0.6 is 0 Å². The van der Waals surface area contributed by atoms with Crippen LogP contribution in [0.5, 0.6) is 11.5 Å². The summed E-state index contributed by atoms with van der Waals surface area (Å²) in [6, 6.07) is 6.83. The maximum Gasteiger partial charge on any atom is 0.415 e. The van der Waals surface area contributed by atoms with Crippen LogP contribution in [0, 0.1) is 0 Å². The van der Waals surface area contributed by atoms with Crippen LogP contribution in [0.15, 0.2) is 24.3 Å². The summed E-state index contributed by atoms with van der Waals surface area (Å²) >= 11 is 0. The molecular formula is C18H24N2O4. The third kappa shape index (κ3) is 4.19. The number of likely N-dealkylation sites (tertiary alicyclic amines) is 2. The van der Waals surface area contributed by atoms with E-state index in [0.717, 1.165) is 38.5 Å². The molecule has 2 heterocycles. The van der Waals surface area contributed by atoms with Crippen molar-refractivity contribution < 1.29 is 19.1 Å². The van der Waals surface area contributed by atoms with Crippen LogP contribution in [0.3, 0.4) is 0 Å². The average Bonchev–Trinajstić information content (AvgIpc) is 2.64. The van der Waals surface area contributed by atoms with Crippen LogP contribution in [-0.4, -0.2) is 48.2 Å². The van der Waals surface area contributed by atoms with Gasteiger partial charge in [-0.1, -0.05) is 12.1 Å². The lowest BCUT2D eigenvalue weighted by molar-refractivity contribution is 0.132. The molecule has 6 heteroatoms. The number of hydrogen-bond acceptors (Lipinski definition) is 4. The summed E-state index contributed by atoms with van der Waals surface area (Å²) in [6.45, 7) is 2.87. The van der Waals surface area contributed by atoms with E-state index in [1.807, 2.05) is 0 Å². The fourth-order valence-corrected chi connectivity index (χ4v) is 3.09. The van der Waals surface area contributed by atoms with Gasteiger partial charge in [0, 0.05) is 26.2 Å². The number of carbonyl (C=O) groups is 2. The Morgan fingerprint density at radius 2 is 1.04 bits per heavy atom. The van der Waals surface area contributed by atoms with E-state index in [1.54, 1.807) is 34.1 Å². The molecule has 1 aromatic carbocycles. The van der Waals surface area contributed by atoms with Gasteiger partial charge >= 0.3 is 12.2 Å². The topological polar surface area (TPSA) is 59.1 Å². The zero-order valence-corrected chi connectivity index (χ0v) is 13.9. The third-order valence-corrected chi connectivity index (χ3v) is 4.47. The van der Waals surface area contributed by atoms with Crippen molar-refractivity contribution in [3.05, 3.63) is 24.3 Å². The second kappa shape index (κ2) is 8.04. The highest BCUT2D eigenvalue weighted by Crippen LogP contribution is 2.28. The second-order valence-corrected chi connectivity index (χ2v) is 6.28. The monoisotopic (exact) mass is 332 g/mol. The Balaban J connectivity index is 1.63. The summed E-state index contributed by atoms with van der Waals surface area (Å²) in [5, 5.41) is 0. The zero-order chi connectivity index (χ0) is 16.8. The molecule has 2 aliphatic heterocycles. The first-order chi connectivity index (χ1) is 11.7. The minimum Gasteiger partial charge on any atom is -0.406 e. The summed E-state index contributed by atoms with van der Waals surface area (Å²) < 4.78 is 10.9. The maximum absolute atomic E-state index is 12.3. The number of piperidine rings is 2. The van der Waals surface area contributed by atoms with Gasteiger partial charge in [0.2, 0.25) is 0 Å². The number of hydrogen-bond donors (Lipinski definition) is 0. The molecule has 2 amide bonds. The number of para-hydroxylation sites is 2. The Morgan fingerprint density at radius 3 is 1.42 bits per heavy atom. The fraction of sp³-hybridized carbons (Fsp3) is 0.556. The van der Waals surface area contributed by atoms with E-state index in [-0.39, 0.29) is 12.2 Å². The molecule has 3 rings (SSSR count). The molecule has 0 bridgehead atoms. The molecular weight excluding hydrogens is 308 g/mol. The Labute approximate surface area is 142 Å². The molecule has 6 nitrogen and oxygen atoms in total. The molecule has 130 valence electrons. The highest BCUT2D eigenvalue weighted by Gasteiger charge is 2.22. The number of ether oxygens (including phenoxy) is 2.